The highest BCUT2D eigenvalue weighted by Crippen LogP contribution is 2.42. The Labute approximate surface area is 112 Å². The van der Waals surface area contributed by atoms with Crippen LogP contribution in [-0.2, 0) is 11.1 Å². The molecule has 0 amide bonds. The predicted molar refractivity (Wildman–Crippen MR) is 70.1 cm³/mol. The van der Waals surface area contributed by atoms with E-state index in [1.807, 2.05) is 0 Å². The van der Waals surface area contributed by atoms with Crippen LogP contribution in [0.1, 0.15) is 6.92 Å². The number of hydrogen-bond donors (Lipinski definition) is 5. The lowest BCUT2D eigenvalue weighted by atomic mass is 10.2. The van der Waals surface area contributed by atoms with Gasteiger partial charge >= 0.3 is 7.60 Å². The Bertz CT molecular complexity index is 734. The third-order valence-electron chi connectivity index (χ3n) is 2.97. The van der Waals surface area contributed by atoms with Crippen LogP contribution in [0.5, 0.6) is 0 Å². The molecule has 1 unspecified atom stereocenters. The third-order valence-corrected chi connectivity index (χ3v) is 4.38. The minimum Gasteiger partial charge on any atom is -0.390 e. The van der Waals surface area contributed by atoms with E-state index >= 15 is 0 Å². The number of nitrogens with one attached hydrogen (secondary N) is 1. The lowest BCUT2D eigenvalue weighted by Crippen LogP contribution is -2.29. The quantitative estimate of drug-likeness (QED) is 0.431. The van der Waals surface area contributed by atoms with Crippen molar-refractivity contribution in [3.8, 4) is 0 Å². The first-order valence-corrected chi connectivity index (χ1v) is 7.32. The van der Waals surface area contributed by atoms with Crippen molar-refractivity contribution < 1.29 is 19.5 Å². The van der Waals surface area contributed by atoms with Crippen molar-refractivity contribution in [3.05, 3.63) is 16.7 Å². The molecule has 0 aliphatic rings. The summed E-state index contributed by atoms with van der Waals surface area (Å²) in [4.78, 5) is 39.8. The molecule has 10 nitrogen and oxygen atoms in total. The molecule has 2 rings (SSSR count). The monoisotopic (exact) mass is 303 g/mol. The maximum atomic E-state index is 11.8. The van der Waals surface area contributed by atoms with Crippen molar-refractivity contribution in [2.75, 3.05) is 5.73 Å². The summed E-state index contributed by atoms with van der Waals surface area (Å²) >= 11 is 0. The Balaban J connectivity index is 2.36. The molecule has 2 aromatic rings. The predicted octanol–water partition coefficient (Wildman–Crippen LogP) is -1.37. The maximum Gasteiger partial charge on any atom is 0.330 e. The zero-order valence-electron chi connectivity index (χ0n) is 10.5. The van der Waals surface area contributed by atoms with Gasteiger partial charge in [0.25, 0.3) is 5.56 Å². The highest BCUT2D eigenvalue weighted by molar-refractivity contribution is 7.52. The fourth-order valence-electron chi connectivity index (χ4n) is 1.72. The number of aromatic nitrogens is 4. The van der Waals surface area contributed by atoms with Crippen molar-refractivity contribution in [1.29, 1.82) is 0 Å². The largest absolute Gasteiger partial charge is 0.390 e. The summed E-state index contributed by atoms with van der Waals surface area (Å²) in [6.45, 7) is 1.03. The highest BCUT2D eigenvalue weighted by Gasteiger charge is 2.31. The van der Waals surface area contributed by atoms with Crippen LogP contribution in [0, 0.1) is 0 Å². The second kappa shape index (κ2) is 4.98. The third kappa shape index (κ3) is 2.73. The van der Waals surface area contributed by atoms with Crippen molar-refractivity contribution in [2.24, 2.45) is 0 Å². The molecule has 11 heteroatoms. The lowest BCUT2D eigenvalue weighted by molar-refractivity contribution is 0.143. The van der Waals surface area contributed by atoms with Gasteiger partial charge < -0.3 is 25.2 Å². The molecule has 0 spiro atoms. The molecule has 2 aromatic heterocycles. The summed E-state index contributed by atoms with van der Waals surface area (Å²) in [6.07, 6.45) is -0.0905. The van der Waals surface area contributed by atoms with Crippen LogP contribution >= 0.6 is 7.60 Å². The minimum absolute atomic E-state index is 0.0798. The van der Waals surface area contributed by atoms with Crippen LogP contribution in [-0.4, -0.2) is 46.2 Å². The minimum atomic E-state index is -4.42. The van der Waals surface area contributed by atoms with Gasteiger partial charge in [0.05, 0.1) is 24.6 Å². The van der Waals surface area contributed by atoms with Crippen LogP contribution in [0.3, 0.4) is 0 Å². The summed E-state index contributed by atoms with van der Waals surface area (Å²) < 4.78 is 12.4. The van der Waals surface area contributed by atoms with Gasteiger partial charge in [-0.1, -0.05) is 0 Å². The molecule has 6 N–H and O–H groups in total. The molecule has 0 radical (unpaired) electrons. The fraction of sp³-hybridized carbons (Fsp3) is 0.444. The average Bonchev–Trinajstić information content (AvgIpc) is 2.69. The van der Waals surface area contributed by atoms with Gasteiger partial charge in [0.15, 0.2) is 11.2 Å². The topological polar surface area (TPSA) is 167 Å². The number of nitrogen functional groups attached to an aromatic ring is 1. The Morgan fingerprint density at radius 3 is 2.80 bits per heavy atom. The van der Waals surface area contributed by atoms with E-state index in [0.29, 0.717) is 0 Å². The van der Waals surface area contributed by atoms with E-state index in [9.17, 15) is 14.5 Å². The zero-order chi connectivity index (χ0) is 15.1. The second-order valence-corrected chi connectivity index (χ2v) is 6.41. The molecule has 0 saturated carbocycles. The number of imidazole rings is 1. The molecule has 2 atom stereocenters. The van der Waals surface area contributed by atoms with Crippen molar-refractivity contribution in [2.45, 2.75) is 25.2 Å². The lowest BCUT2D eigenvalue weighted by Gasteiger charge is -2.20. The first-order chi connectivity index (χ1) is 9.20. The van der Waals surface area contributed by atoms with E-state index in [2.05, 4.69) is 15.0 Å². The number of hydrogen-bond acceptors (Lipinski definition) is 6. The van der Waals surface area contributed by atoms with E-state index in [0.717, 1.165) is 0 Å². The van der Waals surface area contributed by atoms with E-state index in [4.69, 9.17) is 15.5 Å². The molecule has 0 saturated heterocycles. The Morgan fingerprint density at radius 2 is 2.20 bits per heavy atom. The van der Waals surface area contributed by atoms with Crippen molar-refractivity contribution >= 4 is 24.7 Å². The molecule has 0 fully saturated rings. The van der Waals surface area contributed by atoms with Crippen LogP contribution in [0.25, 0.3) is 11.2 Å². The zero-order valence-corrected chi connectivity index (χ0v) is 11.4. The summed E-state index contributed by atoms with van der Waals surface area (Å²) in [5.74, 6) is -0.0862. The summed E-state index contributed by atoms with van der Waals surface area (Å²) in [7, 11) is -4.42. The Hall–Kier alpha value is -1.74. The molecular formula is C9H14N5O5P. The SMILES string of the molecule is CC([C@H](O)Cn1cnc2nc(N)[nH]c(=O)c21)P(=O)(O)O. The van der Waals surface area contributed by atoms with Crippen molar-refractivity contribution in [3.63, 3.8) is 0 Å². The summed E-state index contributed by atoms with van der Waals surface area (Å²) in [6, 6.07) is 0. The fourth-order valence-corrected chi connectivity index (χ4v) is 2.26. The van der Waals surface area contributed by atoms with Gasteiger partial charge in [0.1, 0.15) is 0 Å². The molecule has 0 bridgehead atoms. The first kappa shape index (κ1) is 14.7. The smallest absolute Gasteiger partial charge is 0.330 e. The van der Waals surface area contributed by atoms with E-state index in [1.54, 1.807) is 0 Å². The number of fused-ring (bicyclic) bond motifs is 1. The molecule has 0 aliphatic carbocycles. The van der Waals surface area contributed by atoms with Gasteiger partial charge in [0, 0.05) is 0 Å². The Kier molecular flexibility index (Phi) is 3.65. The molecule has 0 aromatic carbocycles. The molecular weight excluding hydrogens is 289 g/mol. The van der Waals surface area contributed by atoms with Crippen molar-refractivity contribution in [1.82, 2.24) is 19.5 Å². The average molecular weight is 303 g/mol. The van der Waals surface area contributed by atoms with E-state index in [-0.39, 0.29) is 23.7 Å². The number of aromatic amines is 1. The van der Waals surface area contributed by atoms with Gasteiger partial charge in [0.2, 0.25) is 5.95 Å². The van der Waals surface area contributed by atoms with Gasteiger partial charge in [-0.3, -0.25) is 14.3 Å². The van der Waals surface area contributed by atoms with Gasteiger partial charge in [-0.25, -0.2) is 4.98 Å². The number of H-pyrrole nitrogens is 1. The second-order valence-electron chi connectivity index (χ2n) is 4.42. The normalized spacial score (nSPS) is 15.4. The van der Waals surface area contributed by atoms with Crippen LogP contribution in [0.4, 0.5) is 5.95 Å². The number of nitrogens with two attached hydrogens (primary N) is 1. The Morgan fingerprint density at radius 1 is 1.55 bits per heavy atom. The standard InChI is InChI=1S/C9H14N5O5P/c1-4(20(17,18)19)5(15)2-14-3-11-7-6(14)8(16)13-9(10)12-7/h3-5,15H,2H2,1H3,(H2,17,18,19)(H3,10,12,13,16)/t4?,5-/m1/s1. The number of nitrogens with zero attached hydrogens (tertiary/aromatic N) is 3. The van der Waals surface area contributed by atoms with E-state index < -0.39 is 24.9 Å². The summed E-state index contributed by atoms with van der Waals surface area (Å²) in [5.41, 5.74) is 3.75. The number of rotatable bonds is 4. The van der Waals surface area contributed by atoms with E-state index in [1.165, 1.54) is 17.8 Å². The van der Waals surface area contributed by atoms with Crippen LogP contribution < -0.4 is 11.3 Å². The molecule has 20 heavy (non-hydrogen) atoms. The van der Waals surface area contributed by atoms with Gasteiger partial charge in [-0.2, -0.15) is 4.98 Å². The van der Waals surface area contributed by atoms with Gasteiger partial charge in [-0.05, 0) is 6.92 Å². The molecule has 0 aliphatic heterocycles. The van der Waals surface area contributed by atoms with Crippen LogP contribution in [0.15, 0.2) is 11.1 Å². The van der Waals surface area contributed by atoms with Crippen LogP contribution in [0.2, 0.25) is 0 Å². The highest BCUT2D eigenvalue weighted by atomic mass is 31.2. The number of aliphatic hydroxyl groups is 1. The number of anilines is 1. The molecule has 110 valence electrons. The maximum absolute atomic E-state index is 11.8. The summed E-state index contributed by atoms with van der Waals surface area (Å²) in [5, 5.41) is 9.83. The first-order valence-electron chi connectivity index (χ1n) is 5.64. The number of aliphatic hydroxyl groups excluding tert-OH is 1. The molecule has 2 heterocycles. The van der Waals surface area contributed by atoms with Gasteiger partial charge in [-0.15, -0.1) is 0 Å².